The molecular formula is C9H14ClN3. The molecule has 0 unspecified atom stereocenters. The molecule has 0 aromatic carbocycles. The van der Waals surface area contributed by atoms with Crippen molar-refractivity contribution in [3.05, 3.63) is 22.8 Å². The van der Waals surface area contributed by atoms with E-state index in [0.29, 0.717) is 23.4 Å². The summed E-state index contributed by atoms with van der Waals surface area (Å²) in [6.45, 7) is 4.54. The Morgan fingerprint density at radius 2 is 2.31 bits per heavy atom. The third-order valence-corrected chi connectivity index (χ3v) is 1.85. The fourth-order valence-corrected chi connectivity index (χ4v) is 1.21. The second kappa shape index (κ2) is 4.44. The number of hydrogen-bond donors (Lipinski definition) is 2. The first-order chi connectivity index (χ1) is 6.13. The van der Waals surface area contributed by atoms with Crippen LogP contribution in [0.15, 0.2) is 12.3 Å². The van der Waals surface area contributed by atoms with Crippen LogP contribution >= 0.6 is 11.6 Å². The highest BCUT2D eigenvalue weighted by Gasteiger charge is 2.03. The molecule has 0 bridgehead atoms. The SMILES string of the molecule is CC(C)Nc1ncc(CN)cc1Cl. The first kappa shape index (κ1) is 10.3. The third-order valence-electron chi connectivity index (χ3n) is 1.56. The summed E-state index contributed by atoms with van der Waals surface area (Å²) in [7, 11) is 0. The van der Waals surface area contributed by atoms with Gasteiger partial charge >= 0.3 is 0 Å². The molecule has 72 valence electrons. The molecule has 0 atom stereocenters. The highest BCUT2D eigenvalue weighted by Crippen LogP contribution is 2.20. The van der Waals surface area contributed by atoms with Gasteiger partial charge in [0.25, 0.3) is 0 Å². The molecule has 4 heteroatoms. The lowest BCUT2D eigenvalue weighted by Crippen LogP contribution is -2.11. The van der Waals surface area contributed by atoms with E-state index < -0.39 is 0 Å². The van der Waals surface area contributed by atoms with Gasteiger partial charge in [0.05, 0.1) is 5.02 Å². The Labute approximate surface area is 83.3 Å². The van der Waals surface area contributed by atoms with E-state index in [-0.39, 0.29) is 0 Å². The van der Waals surface area contributed by atoms with Crippen molar-refractivity contribution in [3.8, 4) is 0 Å². The lowest BCUT2D eigenvalue weighted by atomic mass is 10.3. The van der Waals surface area contributed by atoms with Gasteiger partial charge in [-0.3, -0.25) is 0 Å². The van der Waals surface area contributed by atoms with Gasteiger partial charge in [0.1, 0.15) is 5.82 Å². The summed E-state index contributed by atoms with van der Waals surface area (Å²) in [5.74, 6) is 0.717. The molecule has 1 aromatic heterocycles. The Hall–Kier alpha value is -0.800. The van der Waals surface area contributed by atoms with Crippen molar-refractivity contribution in [2.45, 2.75) is 26.4 Å². The number of anilines is 1. The van der Waals surface area contributed by atoms with Gasteiger partial charge in [0.2, 0.25) is 0 Å². The lowest BCUT2D eigenvalue weighted by Gasteiger charge is -2.10. The van der Waals surface area contributed by atoms with E-state index in [1.807, 2.05) is 19.9 Å². The number of halogens is 1. The van der Waals surface area contributed by atoms with Crippen molar-refractivity contribution in [1.29, 1.82) is 0 Å². The van der Waals surface area contributed by atoms with Crippen LogP contribution in [0.1, 0.15) is 19.4 Å². The van der Waals surface area contributed by atoms with Crippen molar-refractivity contribution >= 4 is 17.4 Å². The van der Waals surface area contributed by atoms with Gasteiger partial charge in [-0.1, -0.05) is 11.6 Å². The average Bonchev–Trinajstić information content (AvgIpc) is 2.08. The van der Waals surface area contributed by atoms with Crippen LogP contribution in [0.4, 0.5) is 5.82 Å². The van der Waals surface area contributed by atoms with Crippen molar-refractivity contribution < 1.29 is 0 Å². The van der Waals surface area contributed by atoms with E-state index in [1.165, 1.54) is 0 Å². The van der Waals surface area contributed by atoms with Crippen LogP contribution in [0, 0.1) is 0 Å². The predicted octanol–water partition coefficient (Wildman–Crippen LogP) is 2.01. The van der Waals surface area contributed by atoms with Gasteiger partial charge in [-0.05, 0) is 25.5 Å². The molecular weight excluding hydrogens is 186 g/mol. The lowest BCUT2D eigenvalue weighted by molar-refractivity contribution is 0.887. The molecule has 13 heavy (non-hydrogen) atoms. The van der Waals surface area contributed by atoms with Crippen LogP contribution in [-0.4, -0.2) is 11.0 Å². The fourth-order valence-electron chi connectivity index (χ4n) is 0.969. The molecule has 1 rings (SSSR count). The van der Waals surface area contributed by atoms with Gasteiger partial charge in [0.15, 0.2) is 0 Å². The molecule has 0 aliphatic carbocycles. The van der Waals surface area contributed by atoms with Gasteiger partial charge in [-0.15, -0.1) is 0 Å². The topological polar surface area (TPSA) is 50.9 Å². The summed E-state index contributed by atoms with van der Waals surface area (Å²) in [6, 6.07) is 2.16. The van der Waals surface area contributed by atoms with E-state index in [1.54, 1.807) is 6.20 Å². The minimum absolute atomic E-state index is 0.328. The smallest absolute Gasteiger partial charge is 0.144 e. The molecule has 0 fully saturated rings. The van der Waals surface area contributed by atoms with Gasteiger partial charge in [-0.25, -0.2) is 4.98 Å². The predicted molar refractivity (Wildman–Crippen MR) is 55.9 cm³/mol. The van der Waals surface area contributed by atoms with Crippen molar-refractivity contribution in [2.75, 3.05) is 5.32 Å². The standard InChI is InChI=1S/C9H14ClN3/c1-6(2)13-9-8(10)3-7(4-11)5-12-9/h3,5-6H,4,11H2,1-2H3,(H,12,13). The number of rotatable bonds is 3. The highest BCUT2D eigenvalue weighted by atomic mass is 35.5. The van der Waals surface area contributed by atoms with Crippen molar-refractivity contribution in [1.82, 2.24) is 4.98 Å². The summed E-state index contributed by atoms with van der Waals surface area (Å²) in [6.07, 6.45) is 1.73. The second-order valence-electron chi connectivity index (χ2n) is 3.18. The molecule has 0 amide bonds. The zero-order valence-electron chi connectivity index (χ0n) is 7.84. The Kier molecular flexibility index (Phi) is 3.51. The minimum atomic E-state index is 0.328. The van der Waals surface area contributed by atoms with Crippen LogP contribution in [0.3, 0.4) is 0 Å². The zero-order valence-corrected chi connectivity index (χ0v) is 8.60. The van der Waals surface area contributed by atoms with Crippen LogP contribution in [-0.2, 0) is 6.54 Å². The molecule has 0 saturated heterocycles. The number of nitrogens with one attached hydrogen (secondary N) is 1. The fraction of sp³-hybridized carbons (Fsp3) is 0.444. The third kappa shape index (κ3) is 2.86. The van der Waals surface area contributed by atoms with Crippen molar-refractivity contribution in [2.24, 2.45) is 5.73 Å². The van der Waals surface area contributed by atoms with Crippen LogP contribution in [0.5, 0.6) is 0 Å². The molecule has 0 aliphatic rings. The van der Waals surface area contributed by atoms with Crippen LogP contribution in [0.25, 0.3) is 0 Å². The van der Waals surface area contributed by atoms with Gasteiger partial charge < -0.3 is 11.1 Å². The maximum Gasteiger partial charge on any atom is 0.144 e. The number of nitrogens with two attached hydrogens (primary N) is 1. The van der Waals surface area contributed by atoms with Crippen molar-refractivity contribution in [3.63, 3.8) is 0 Å². The van der Waals surface area contributed by atoms with E-state index in [9.17, 15) is 0 Å². The molecule has 0 spiro atoms. The summed E-state index contributed by atoms with van der Waals surface area (Å²) < 4.78 is 0. The monoisotopic (exact) mass is 199 g/mol. The molecule has 0 saturated carbocycles. The van der Waals surface area contributed by atoms with Gasteiger partial charge in [-0.2, -0.15) is 0 Å². The molecule has 1 heterocycles. The second-order valence-corrected chi connectivity index (χ2v) is 3.58. The summed E-state index contributed by atoms with van der Waals surface area (Å²) in [5, 5.41) is 3.76. The molecule has 0 aliphatic heterocycles. The first-order valence-electron chi connectivity index (χ1n) is 4.24. The number of pyridine rings is 1. The molecule has 1 aromatic rings. The molecule has 3 nitrogen and oxygen atoms in total. The van der Waals surface area contributed by atoms with Crippen LogP contribution in [0.2, 0.25) is 5.02 Å². The number of aromatic nitrogens is 1. The first-order valence-corrected chi connectivity index (χ1v) is 4.62. The Bertz CT molecular complexity index is 286. The van der Waals surface area contributed by atoms with E-state index in [4.69, 9.17) is 17.3 Å². The summed E-state index contributed by atoms with van der Waals surface area (Å²) in [5.41, 5.74) is 6.39. The summed E-state index contributed by atoms with van der Waals surface area (Å²) >= 11 is 5.97. The molecule has 3 N–H and O–H groups in total. The highest BCUT2D eigenvalue weighted by molar-refractivity contribution is 6.32. The number of nitrogens with zero attached hydrogens (tertiary/aromatic N) is 1. The normalized spacial score (nSPS) is 10.5. The maximum atomic E-state index is 5.97. The number of hydrogen-bond acceptors (Lipinski definition) is 3. The maximum absolute atomic E-state index is 5.97. The minimum Gasteiger partial charge on any atom is -0.367 e. The zero-order chi connectivity index (χ0) is 9.84. The Morgan fingerprint density at radius 3 is 2.77 bits per heavy atom. The summed E-state index contributed by atoms with van der Waals surface area (Å²) in [4.78, 5) is 4.17. The largest absolute Gasteiger partial charge is 0.367 e. The quantitative estimate of drug-likeness (QED) is 0.783. The van der Waals surface area contributed by atoms with E-state index in [2.05, 4.69) is 10.3 Å². The average molecular weight is 200 g/mol. The molecule has 0 radical (unpaired) electrons. The Morgan fingerprint density at radius 1 is 1.62 bits per heavy atom. The van der Waals surface area contributed by atoms with E-state index in [0.717, 1.165) is 5.56 Å². The van der Waals surface area contributed by atoms with Gasteiger partial charge in [0, 0.05) is 18.8 Å². The van der Waals surface area contributed by atoms with Crippen LogP contribution < -0.4 is 11.1 Å². The van der Waals surface area contributed by atoms with E-state index >= 15 is 0 Å². The Balaban J connectivity index is 2.85.